The molecule has 2 aromatic rings. The Morgan fingerprint density at radius 3 is 2.30 bits per heavy atom. The van der Waals surface area contributed by atoms with Gasteiger partial charge in [0, 0.05) is 50.4 Å². The van der Waals surface area contributed by atoms with Crippen molar-refractivity contribution >= 4 is 21.4 Å². The Morgan fingerprint density at radius 2 is 1.79 bits per heavy atom. The number of nitrogens with zero attached hydrogens (tertiary/aromatic N) is 2. The number of aliphatic hydroxyl groups excluding tert-OH is 1. The lowest BCUT2D eigenvalue weighted by Gasteiger charge is -2.33. The van der Waals surface area contributed by atoms with Gasteiger partial charge in [0.2, 0.25) is 0 Å². The first-order valence-electron chi connectivity index (χ1n) is 10.9. The number of aromatic nitrogens is 1. The number of carbonyl (C=O) groups excluding carboxylic acids is 1. The van der Waals surface area contributed by atoms with Gasteiger partial charge in [-0.3, -0.25) is 14.8 Å². The summed E-state index contributed by atoms with van der Waals surface area (Å²) in [6.07, 6.45) is 4.26. The summed E-state index contributed by atoms with van der Waals surface area (Å²) in [6.45, 7) is 3.27. The van der Waals surface area contributed by atoms with Crippen molar-refractivity contribution in [3.8, 4) is 11.1 Å². The number of amides is 1. The van der Waals surface area contributed by atoms with E-state index in [1.807, 2.05) is 24.3 Å². The third-order valence-corrected chi connectivity index (χ3v) is 8.69. The third-order valence-electron chi connectivity index (χ3n) is 6.66. The Balaban J connectivity index is 1.72. The monoisotopic (exact) mass is 477 g/mol. The van der Waals surface area contributed by atoms with Gasteiger partial charge < -0.3 is 14.6 Å². The molecular formula is C23H31N3O6S. The zero-order chi connectivity index (χ0) is 24.2. The molecule has 0 saturated carbocycles. The van der Waals surface area contributed by atoms with Crippen molar-refractivity contribution in [1.82, 2.24) is 10.0 Å². The molecule has 1 saturated heterocycles. The van der Waals surface area contributed by atoms with Gasteiger partial charge in [0.05, 0.1) is 0 Å². The molecule has 1 aromatic carbocycles. The summed E-state index contributed by atoms with van der Waals surface area (Å²) < 4.78 is 23.7. The minimum Gasteiger partial charge on any atom is -0.396 e. The third kappa shape index (κ3) is 5.45. The number of carbonyl (C=O) groups is 1. The number of piperidine rings is 1. The molecule has 1 amide bonds. The Labute approximate surface area is 193 Å². The molecule has 1 unspecified atom stereocenters. The molecule has 9 nitrogen and oxygen atoms in total. The fourth-order valence-electron chi connectivity index (χ4n) is 4.03. The van der Waals surface area contributed by atoms with Crippen LogP contribution in [-0.2, 0) is 21.2 Å². The highest BCUT2D eigenvalue weighted by Gasteiger charge is 2.43. The highest BCUT2D eigenvalue weighted by Crippen LogP contribution is 2.26. The maximum Gasteiger partial charge on any atom is 0.264 e. The van der Waals surface area contributed by atoms with Crippen LogP contribution in [0.25, 0.3) is 11.1 Å². The number of hydroxylamine groups is 1. The van der Waals surface area contributed by atoms with E-state index >= 15 is 0 Å². The van der Waals surface area contributed by atoms with Gasteiger partial charge in [-0.2, -0.15) is 0 Å². The molecule has 33 heavy (non-hydrogen) atoms. The molecule has 1 aliphatic heterocycles. The van der Waals surface area contributed by atoms with Gasteiger partial charge in [0.1, 0.15) is 0 Å². The molecule has 3 rings (SSSR count). The molecule has 180 valence electrons. The lowest BCUT2D eigenvalue weighted by Crippen LogP contribution is -2.49. The summed E-state index contributed by atoms with van der Waals surface area (Å²) in [5, 5.41) is 18.2. The Hall–Kier alpha value is -2.69. The lowest BCUT2D eigenvalue weighted by molar-refractivity contribution is -0.131. The number of benzene rings is 1. The van der Waals surface area contributed by atoms with Crippen molar-refractivity contribution in [2.24, 2.45) is 5.92 Å². The van der Waals surface area contributed by atoms with Crippen molar-refractivity contribution in [3.63, 3.8) is 0 Å². The van der Waals surface area contributed by atoms with Crippen molar-refractivity contribution in [3.05, 3.63) is 52.9 Å². The Kier molecular flexibility index (Phi) is 7.61. The molecule has 0 aliphatic carbocycles. The van der Waals surface area contributed by atoms with E-state index in [0.717, 1.165) is 49.0 Å². The number of sulfone groups is 1. The van der Waals surface area contributed by atoms with Crippen molar-refractivity contribution in [2.75, 3.05) is 30.9 Å². The molecule has 1 fully saturated rings. The Bertz CT molecular complexity index is 1140. The van der Waals surface area contributed by atoms with Gasteiger partial charge in [-0.05, 0) is 61.4 Å². The summed E-state index contributed by atoms with van der Waals surface area (Å²) in [4.78, 5) is 26.9. The zero-order valence-electron chi connectivity index (χ0n) is 18.9. The molecule has 0 radical (unpaired) electrons. The van der Waals surface area contributed by atoms with Crippen LogP contribution < -0.4 is 15.9 Å². The second kappa shape index (κ2) is 10.1. The normalized spacial score (nSPS) is 16.9. The molecule has 3 N–H and O–H groups in total. The first-order valence-corrected chi connectivity index (χ1v) is 12.8. The van der Waals surface area contributed by atoms with Crippen LogP contribution >= 0.6 is 0 Å². The summed E-state index contributed by atoms with van der Waals surface area (Å²) in [6, 6.07) is 11.2. The van der Waals surface area contributed by atoms with Gasteiger partial charge in [-0.25, -0.2) is 13.9 Å². The predicted molar refractivity (Wildman–Crippen MR) is 126 cm³/mol. The number of aliphatic hydroxyl groups is 1. The lowest BCUT2D eigenvalue weighted by atomic mass is 9.97. The van der Waals surface area contributed by atoms with Gasteiger partial charge in [-0.1, -0.05) is 12.1 Å². The quantitative estimate of drug-likeness (QED) is 0.387. The van der Waals surface area contributed by atoms with E-state index in [9.17, 15) is 23.1 Å². The Morgan fingerprint density at radius 1 is 1.15 bits per heavy atom. The largest absolute Gasteiger partial charge is 0.396 e. The first kappa shape index (κ1) is 24.9. The number of hydrogen-bond donors (Lipinski definition) is 3. The standard InChI is InChI=1S/C23H31N3O6S/c1-23(22(29)24-30,33(2,31)32)10-14-26-13-9-19(15-21(26)28)18-3-5-20(6-4-18)25-11-7-17(16-27)8-12-25/h3-6,9,13,15,17,27,30H,7-8,10-12,14,16H2,1-2H3,(H,24,29). The smallest absolute Gasteiger partial charge is 0.264 e. The van der Waals surface area contributed by atoms with E-state index in [0.29, 0.717) is 5.92 Å². The average molecular weight is 478 g/mol. The highest BCUT2D eigenvalue weighted by atomic mass is 32.2. The second-order valence-corrected chi connectivity index (χ2v) is 11.2. The minimum absolute atomic E-state index is 0.00116. The average Bonchev–Trinajstić information content (AvgIpc) is 2.82. The maximum atomic E-state index is 12.6. The van der Waals surface area contributed by atoms with Crippen LogP contribution in [0.2, 0.25) is 0 Å². The van der Waals surface area contributed by atoms with Crippen molar-refractivity contribution in [2.45, 2.75) is 37.5 Å². The van der Waals surface area contributed by atoms with Crippen LogP contribution in [0.4, 0.5) is 5.69 Å². The fraction of sp³-hybridized carbons (Fsp3) is 0.478. The van der Waals surface area contributed by atoms with E-state index < -0.39 is 20.5 Å². The minimum atomic E-state index is -3.83. The molecule has 0 bridgehead atoms. The van der Waals surface area contributed by atoms with Gasteiger partial charge in [-0.15, -0.1) is 0 Å². The van der Waals surface area contributed by atoms with Crippen LogP contribution in [0.5, 0.6) is 0 Å². The van der Waals surface area contributed by atoms with Crippen LogP contribution in [0, 0.1) is 5.92 Å². The zero-order valence-corrected chi connectivity index (χ0v) is 19.7. The number of rotatable bonds is 8. The van der Waals surface area contributed by atoms with Crippen LogP contribution in [0.3, 0.4) is 0 Å². The predicted octanol–water partition coefficient (Wildman–Crippen LogP) is 1.42. The van der Waals surface area contributed by atoms with E-state index in [2.05, 4.69) is 4.90 Å². The number of nitrogens with one attached hydrogen (secondary N) is 1. The van der Waals surface area contributed by atoms with Crippen LogP contribution in [-0.4, -0.2) is 59.9 Å². The van der Waals surface area contributed by atoms with E-state index in [1.54, 1.807) is 12.3 Å². The number of anilines is 1. The van der Waals surface area contributed by atoms with E-state index in [4.69, 9.17) is 5.21 Å². The first-order chi connectivity index (χ1) is 15.6. The molecule has 1 atom stereocenters. The number of hydrogen-bond acceptors (Lipinski definition) is 7. The number of pyridine rings is 1. The fourth-order valence-corrected chi connectivity index (χ4v) is 4.87. The number of aryl methyl sites for hydroxylation is 1. The topological polar surface area (TPSA) is 129 Å². The highest BCUT2D eigenvalue weighted by molar-refractivity contribution is 7.92. The second-order valence-electron chi connectivity index (χ2n) is 8.80. The molecule has 10 heteroatoms. The summed E-state index contributed by atoms with van der Waals surface area (Å²) in [7, 11) is -3.83. The van der Waals surface area contributed by atoms with E-state index in [1.165, 1.54) is 23.0 Å². The molecule has 1 aliphatic rings. The maximum absolute atomic E-state index is 12.6. The van der Waals surface area contributed by atoms with Gasteiger partial charge >= 0.3 is 0 Å². The summed E-state index contributed by atoms with van der Waals surface area (Å²) in [5.41, 5.74) is 3.81. The van der Waals surface area contributed by atoms with Crippen LogP contribution in [0.15, 0.2) is 47.4 Å². The molecule has 0 spiro atoms. The van der Waals surface area contributed by atoms with Gasteiger partial charge in [0.25, 0.3) is 11.5 Å². The molecule has 1 aromatic heterocycles. The summed E-state index contributed by atoms with van der Waals surface area (Å²) >= 11 is 0. The molecular weight excluding hydrogens is 446 g/mol. The van der Waals surface area contributed by atoms with Crippen LogP contribution in [0.1, 0.15) is 26.2 Å². The van der Waals surface area contributed by atoms with Crippen molar-refractivity contribution in [1.29, 1.82) is 0 Å². The molecule has 2 heterocycles. The SMILES string of the molecule is CC(CCn1ccc(-c2ccc(N3CCC(CO)CC3)cc2)cc1=O)(C(=O)NO)S(C)(=O)=O. The van der Waals surface area contributed by atoms with Crippen molar-refractivity contribution < 1.29 is 23.5 Å². The van der Waals surface area contributed by atoms with E-state index in [-0.39, 0.29) is 25.1 Å². The van der Waals surface area contributed by atoms with Gasteiger partial charge in [0.15, 0.2) is 14.6 Å². The summed E-state index contributed by atoms with van der Waals surface area (Å²) in [5.74, 6) is -0.657.